The lowest BCUT2D eigenvalue weighted by Crippen LogP contribution is -2.12. The zero-order valence-electron chi connectivity index (χ0n) is 7.53. The SMILES string of the molecule is C=CC=N/C(=C\C=C)C(C)CN. The molecule has 0 aliphatic carbocycles. The van der Waals surface area contributed by atoms with Gasteiger partial charge in [0.25, 0.3) is 0 Å². The highest BCUT2D eigenvalue weighted by Crippen LogP contribution is 2.09. The first-order chi connectivity index (χ1) is 5.76. The van der Waals surface area contributed by atoms with E-state index in [1.165, 1.54) is 0 Å². The second kappa shape index (κ2) is 6.55. The summed E-state index contributed by atoms with van der Waals surface area (Å²) in [5, 5.41) is 0. The molecule has 0 fully saturated rings. The van der Waals surface area contributed by atoms with Crippen LogP contribution in [0.1, 0.15) is 6.92 Å². The average Bonchev–Trinajstić information content (AvgIpc) is 2.11. The van der Waals surface area contributed by atoms with Crippen molar-refractivity contribution in [2.45, 2.75) is 6.92 Å². The van der Waals surface area contributed by atoms with Crippen molar-refractivity contribution in [3.63, 3.8) is 0 Å². The average molecular weight is 164 g/mol. The zero-order valence-corrected chi connectivity index (χ0v) is 7.53. The molecule has 1 unspecified atom stereocenters. The minimum absolute atomic E-state index is 0.263. The quantitative estimate of drug-likeness (QED) is 0.489. The van der Waals surface area contributed by atoms with E-state index in [0.717, 1.165) is 5.70 Å². The molecule has 0 saturated carbocycles. The molecule has 0 bridgehead atoms. The van der Waals surface area contributed by atoms with Crippen LogP contribution in [-0.2, 0) is 0 Å². The first-order valence-electron chi connectivity index (χ1n) is 3.94. The third-order valence-electron chi connectivity index (χ3n) is 1.48. The molecule has 0 rings (SSSR count). The maximum Gasteiger partial charge on any atom is 0.0444 e. The molecule has 66 valence electrons. The van der Waals surface area contributed by atoms with E-state index < -0.39 is 0 Å². The van der Waals surface area contributed by atoms with Gasteiger partial charge in [-0.05, 0) is 6.08 Å². The molecular weight excluding hydrogens is 148 g/mol. The Morgan fingerprint density at radius 1 is 1.50 bits per heavy atom. The molecular formula is C10H16N2. The van der Waals surface area contributed by atoms with Crippen molar-refractivity contribution in [2.24, 2.45) is 16.6 Å². The molecule has 2 heteroatoms. The van der Waals surface area contributed by atoms with Crippen LogP contribution in [0, 0.1) is 5.92 Å². The second-order valence-corrected chi connectivity index (χ2v) is 2.48. The zero-order chi connectivity index (χ0) is 9.40. The van der Waals surface area contributed by atoms with E-state index in [1.807, 2.05) is 13.0 Å². The summed E-state index contributed by atoms with van der Waals surface area (Å²) in [5.74, 6) is 0.263. The number of nitrogens with two attached hydrogens (primary N) is 1. The Hall–Kier alpha value is -1.15. The second-order valence-electron chi connectivity index (χ2n) is 2.48. The van der Waals surface area contributed by atoms with Crippen molar-refractivity contribution in [3.8, 4) is 0 Å². The fourth-order valence-corrected chi connectivity index (χ4v) is 0.715. The summed E-state index contributed by atoms with van der Waals surface area (Å²) in [7, 11) is 0. The Balaban J connectivity index is 4.42. The lowest BCUT2D eigenvalue weighted by Gasteiger charge is -2.07. The Bertz CT molecular complexity index is 202. The molecule has 0 aromatic carbocycles. The van der Waals surface area contributed by atoms with Gasteiger partial charge in [-0.3, -0.25) is 4.99 Å². The van der Waals surface area contributed by atoms with Crippen LogP contribution in [0.3, 0.4) is 0 Å². The van der Waals surface area contributed by atoms with Gasteiger partial charge in [0, 0.05) is 24.4 Å². The smallest absolute Gasteiger partial charge is 0.0444 e. The molecule has 1 atom stereocenters. The van der Waals surface area contributed by atoms with Crippen molar-refractivity contribution in [3.05, 3.63) is 37.1 Å². The molecule has 0 aliphatic heterocycles. The first kappa shape index (κ1) is 10.8. The van der Waals surface area contributed by atoms with Crippen LogP contribution in [0.4, 0.5) is 0 Å². The summed E-state index contributed by atoms with van der Waals surface area (Å²) in [6, 6.07) is 0. The Morgan fingerprint density at radius 2 is 2.17 bits per heavy atom. The minimum Gasteiger partial charge on any atom is -0.330 e. The summed E-state index contributed by atoms with van der Waals surface area (Å²) < 4.78 is 0. The van der Waals surface area contributed by atoms with Crippen LogP contribution < -0.4 is 5.73 Å². The number of rotatable bonds is 5. The van der Waals surface area contributed by atoms with E-state index in [9.17, 15) is 0 Å². The van der Waals surface area contributed by atoms with Crippen molar-refractivity contribution >= 4 is 6.21 Å². The van der Waals surface area contributed by atoms with Crippen molar-refractivity contribution < 1.29 is 0 Å². The van der Waals surface area contributed by atoms with Crippen LogP contribution in [0.5, 0.6) is 0 Å². The van der Waals surface area contributed by atoms with Gasteiger partial charge in [-0.2, -0.15) is 0 Å². The highest BCUT2D eigenvalue weighted by Gasteiger charge is 2.02. The largest absolute Gasteiger partial charge is 0.330 e. The molecule has 0 radical (unpaired) electrons. The van der Waals surface area contributed by atoms with Gasteiger partial charge in [-0.1, -0.05) is 32.2 Å². The molecule has 2 N–H and O–H groups in total. The highest BCUT2D eigenvalue weighted by molar-refractivity contribution is 5.71. The van der Waals surface area contributed by atoms with E-state index in [0.29, 0.717) is 6.54 Å². The predicted molar refractivity (Wildman–Crippen MR) is 55.2 cm³/mol. The number of allylic oxidation sites excluding steroid dienone is 3. The van der Waals surface area contributed by atoms with Crippen molar-refractivity contribution in [1.82, 2.24) is 0 Å². The van der Waals surface area contributed by atoms with Gasteiger partial charge in [0.05, 0.1) is 0 Å². The van der Waals surface area contributed by atoms with Gasteiger partial charge in [0.15, 0.2) is 0 Å². The Kier molecular flexibility index (Phi) is 5.93. The van der Waals surface area contributed by atoms with Crippen molar-refractivity contribution in [2.75, 3.05) is 6.54 Å². The number of nitrogens with zero attached hydrogens (tertiary/aromatic N) is 1. The van der Waals surface area contributed by atoms with E-state index in [-0.39, 0.29) is 5.92 Å². The van der Waals surface area contributed by atoms with Crippen LogP contribution in [0.25, 0.3) is 0 Å². The summed E-state index contributed by atoms with van der Waals surface area (Å²) >= 11 is 0. The maximum absolute atomic E-state index is 5.50. The van der Waals surface area contributed by atoms with Gasteiger partial charge in [-0.25, -0.2) is 0 Å². The predicted octanol–water partition coefficient (Wildman–Crippen LogP) is 1.91. The van der Waals surface area contributed by atoms with Crippen molar-refractivity contribution in [1.29, 1.82) is 0 Å². The number of aliphatic imine (C=N–C) groups is 1. The fraction of sp³-hybridized carbons (Fsp3) is 0.300. The van der Waals surface area contributed by atoms with E-state index in [4.69, 9.17) is 5.73 Å². The number of hydrogen-bond donors (Lipinski definition) is 1. The molecule has 0 amide bonds. The first-order valence-corrected chi connectivity index (χ1v) is 3.94. The maximum atomic E-state index is 5.50. The highest BCUT2D eigenvalue weighted by atomic mass is 14.7. The van der Waals surface area contributed by atoms with Crippen LogP contribution in [-0.4, -0.2) is 12.8 Å². The molecule has 0 aromatic rings. The normalized spacial score (nSPS) is 14.7. The minimum atomic E-state index is 0.263. The lowest BCUT2D eigenvalue weighted by molar-refractivity contribution is 0.687. The van der Waals surface area contributed by atoms with Gasteiger partial charge in [-0.15, -0.1) is 0 Å². The van der Waals surface area contributed by atoms with E-state index in [1.54, 1.807) is 18.4 Å². The Labute approximate surface area is 74.2 Å². The van der Waals surface area contributed by atoms with Crippen LogP contribution in [0.2, 0.25) is 0 Å². The summed E-state index contributed by atoms with van der Waals surface area (Å²) in [6.45, 7) is 9.77. The standard InChI is InChI=1S/C10H16N2/c1-4-6-10(9(3)8-11)12-7-5-2/h4-7,9H,1-2,8,11H2,3H3/b10-6-,12-7?. The van der Waals surface area contributed by atoms with E-state index >= 15 is 0 Å². The third kappa shape index (κ3) is 3.88. The van der Waals surface area contributed by atoms with Crippen LogP contribution >= 0.6 is 0 Å². The van der Waals surface area contributed by atoms with Gasteiger partial charge in [0.2, 0.25) is 0 Å². The molecule has 12 heavy (non-hydrogen) atoms. The summed E-state index contributed by atoms with van der Waals surface area (Å²) in [6.07, 6.45) is 6.86. The molecule has 0 heterocycles. The summed E-state index contributed by atoms with van der Waals surface area (Å²) in [5.41, 5.74) is 6.44. The lowest BCUT2D eigenvalue weighted by atomic mass is 10.1. The van der Waals surface area contributed by atoms with Gasteiger partial charge < -0.3 is 5.73 Å². The molecule has 2 nitrogen and oxygen atoms in total. The third-order valence-corrected chi connectivity index (χ3v) is 1.48. The molecule has 0 aromatic heterocycles. The topological polar surface area (TPSA) is 38.4 Å². The fourth-order valence-electron chi connectivity index (χ4n) is 0.715. The molecule has 0 aliphatic rings. The Morgan fingerprint density at radius 3 is 2.58 bits per heavy atom. The monoisotopic (exact) mass is 164 g/mol. The number of hydrogen-bond acceptors (Lipinski definition) is 2. The van der Waals surface area contributed by atoms with E-state index in [2.05, 4.69) is 18.2 Å². The summed E-state index contributed by atoms with van der Waals surface area (Å²) in [4.78, 5) is 4.17. The van der Waals surface area contributed by atoms with Crippen LogP contribution in [0.15, 0.2) is 42.1 Å². The van der Waals surface area contributed by atoms with Gasteiger partial charge >= 0.3 is 0 Å². The molecule has 0 spiro atoms. The molecule has 0 saturated heterocycles. The van der Waals surface area contributed by atoms with Gasteiger partial charge in [0.1, 0.15) is 0 Å².